The molecule has 0 fully saturated rings. The van der Waals surface area contributed by atoms with Crippen LogP contribution in [-0.4, -0.2) is 10.2 Å². The molecule has 0 saturated heterocycles. The fraction of sp³-hybridized carbons (Fsp3) is 0.250. The average Bonchev–Trinajstić information content (AvgIpc) is 2.01. The summed E-state index contributed by atoms with van der Waals surface area (Å²) in [4.78, 5) is 0. The molecule has 0 aliphatic heterocycles. The second-order valence-corrected chi connectivity index (χ2v) is 3.19. The van der Waals surface area contributed by atoms with E-state index in [1.165, 1.54) is 0 Å². The van der Waals surface area contributed by atoms with E-state index < -0.39 is 17.0 Å². The van der Waals surface area contributed by atoms with Crippen molar-refractivity contribution in [2.24, 2.45) is 0 Å². The van der Waals surface area contributed by atoms with Crippen molar-refractivity contribution in [3.8, 4) is 0 Å². The molecule has 2 nitrogen and oxygen atoms in total. The molecule has 0 unspecified atom stereocenters. The third kappa shape index (κ3) is 2.60. The van der Waals surface area contributed by atoms with Crippen LogP contribution in [-0.2, 0) is 11.4 Å². The molecule has 0 aliphatic carbocycles. The highest BCUT2D eigenvalue weighted by molar-refractivity contribution is 6.21. The van der Waals surface area contributed by atoms with Crippen molar-refractivity contribution in [3.63, 3.8) is 0 Å². The number of aliphatic hydroxyl groups is 2. The molecule has 1 rings (SSSR count). The first-order valence-electron chi connectivity index (χ1n) is 3.52. The normalized spacial score (nSPS) is 13.0. The molecule has 0 atom stereocenters. The van der Waals surface area contributed by atoms with Gasteiger partial charge in [0.1, 0.15) is 0 Å². The molecule has 0 aromatic heterocycles. The van der Waals surface area contributed by atoms with E-state index in [-0.39, 0.29) is 5.56 Å². The minimum absolute atomic E-state index is 0.216. The molecule has 1 aromatic carbocycles. The van der Waals surface area contributed by atoms with Gasteiger partial charge in [-0.3, -0.25) is 0 Å². The molecule has 78 valence electrons. The zero-order valence-electron chi connectivity index (χ0n) is 6.72. The van der Waals surface area contributed by atoms with Gasteiger partial charge in [0, 0.05) is 5.56 Å². The van der Waals surface area contributed by atoms with Gasteiger partial charge in [0.25, 0.3) is 5.25 Å². The summed E-state index contributed by atoms with van der Waals surface area (Å²) >= 11 is 5.06. The van der Waals surface area contributed by atoms with Gasteiger partial charge in [0.2, 0.25) is 0 Å². The Hall–Kier alpha value is -0.780. The molecular formula is C8H6ClF3O2. The van der Waals surface area contributed by atoms with Gasteiger partial charge in [-0.2, -0.15) is 13.2 Å². The first-order valence-corrected chi connectivity index (χ1v) is 3.90. The Morgan fingerprint density at radius 1 is 0.929 bits per heavy atom. The maximum absolute atomic E-state index is 12.1. The van der Waals surface area contributed by atoms with Crippen LogP contribution in [0.1, 0.15) is 11.1 Å². The van der Waals surface area contributed by atoms with Crippen molar-refractivity contribution >= 4 is 11.6 Å². The van der Waals surface area contributed by atoms with E-state index in [0.29, 0.717) is 0 Å². The van der Waals surface area contributed by atoms with E-state index in [2.05, 4.69) is 0 Å². The first kappa shape index (κ1) is 11.3. The van der Waals surface area contributed by atoms with Crippen LogP contribution in [0.2, 0.25) is 0 Å². The van der Waals surface area contributed by atoms with Gasteiger partial charge in [-0.1, -0.05) is 23.7 Å². The number of benzene rings is 1. The summed E-state index contributed by atoms with van der Waals surface area (Å²) in [5.41, 5.74) is -1.09. The molecule has 0 radical (unpaired) electrons. The molecule has 0 bridgehead atoms. The second kappa shape index (κ2) is 3.42. The summed E-state index contributed by atoms with van der Waals surface area (Å²) < 4.78 is 36.2. The number of hydrogen-bond acceptors (Lipinski definition) is 2. The van der Waals surface area contributed by atoms with Crippen molar-refractivity contribution in [1.82, 2.24) is 0 Å². The molecule has 0 aliphatic rings. The Labute approximate surface area is 82.5 Å². The predicted molar refractivity (Wildman–Crippen MR) is 43.4 cm³/mol. The minimum atomic E-state index is -4.45. The first-order chi connectivity index (χ1) is 6.21. The van der Waals surface area contributed by atoms with Crippen molar-refractivity contribution in [2.75, 3.05) is 0 Å². The third-order valence-electron chi connectivity index (χ3n) is 1.58. The van der Waals surface area contributed by atoms with Crippen LogP contribution in [0.3, 0.4) is 0 Å². The summed E-state index contributed by atoms with van der Waals surface area (Å²) in [7, 11) is 0. The van der Waals surface area contributed by atoms with Gasteiger partial charge >= 0.3 is 6.18 Å². The summed E-state index contributed by atoms with van der Waals surface area (Å²) in [6.07, 6.45) is -4.45. The monoisotopic (exact) mass is 226 g/mol. The second-order valence-electron chi connectivity index (χ2n) is 2.66. The van der Waals surface area contributed by atoms with E-state index in [1.807, 2.05) is 0 Å². The lowest BCUT2D eigenvalue weighted by Gasteiger charge is -2.14. The van der Waals surface area contributed by atoms with E-state index >= 15 is 0 Å². The Kier molecular flexibility index (Phi) is 2.76. The van der Waals surface area contributed by atoms with Crippen LogP contribution >= 0.6 is 11.6 Å². The molecule has 0 heterocycles. The Morgan fingerprint density at radius 3 is 1.57 bits per heavy atom. The number of rotatable bonds is 1. The summed E-state index contributed by atoms with van der Waals surface area (Å²) in [5.74, 6) is 0. The lowest BCUT2D eigenvalue weighted by atomic mass is 10.1. The highest BCUT2D eigenvalue weighted by Crippen LogP contribution is 2.31. The van der Waals surface area contributed by atoms with E-state index in [0.717, 1.165) is 24.3 Å². The highest BCUT2D eigenvalue weighted by Gasteiger charge is 2.31. The Balaban J connectivity index is 3.02. The van der Waals surface area contributed by atoms with Crippen LogP contribution < -0.4 is 0 Å². The van der Waals surface area contributed by atoms with E-state index in [9.17, 15) is 13.2 Å². The van der Waals surface area contributed by atoms with Crippen molar-refractivity contribution in [2.45, 2.75) is 11.4 Å². The molecule has 1 aromatic rings. The average molecular weight is 227 g/mol. The summed E-state index contributed by atoms with van der Waals surface area (Å²) in [6, 6.07) is 3.24. The Morgan fingerprint density at radius 2 is 1.29 bits per heavy atom. The van der Waals surface area contributed by atoms with Crippen LogP contribution in [0.5, 0.6) is 0 Å². The lowest BCUT2D eigenvalue weighted by molar-refractivity contribution is -0.137. The molecule has 0 saturated carbocycles. The van der Waals surface area contributed by atoms with Gasteiger partial charge in [-0.15, -0.1) is 0 Å². The molecule has 0 amide bonds. The highest BCUT2D eigenvalue weighted by atomic mass is 35.5. The molecule has 2 N–H and O–H groups in total. The van der Waals surface area contributed by atoms with Gasteiger partial charge in [-0.25, -0.2) is 0 Å². The van der Waals surface area contributed by atoms with Crippen LogP contribution in [0.4, 0.5) is 13.2 Å². The number of hydrogen-bond donors (Lipinski definition) is 2. The lowest BCUT2D eigenvalue weighted by Crippen LogP contribution is -2.16. The predicted octanol–water partition coefficient (Wildman–Crippen LogP) is 2.04. The van der Waals surface area contributed by atoms with Gasteiger partial charge in [0.15, 0.2) is 0 Å². The van der Waals surface area contributed by atoms with Gasteiger partial charge in [-0.05, 0) is 12.1 Å². The quantitative estimate of drug-likeness (QED) is 0.568. The molecular weight excluding hydrogens is 221 g/mol. The van der Waals surface area contributed by atoms with Crippen molar-refractivity contribution in [1.29, 1.82) is 0 Å². The molecule has 6 heteroatoms. The smallest absolute Gasteiger partial charge is 0.350 e. The van der Waals surface area contributed by atoms with Crippen LogP contribution in [0.15, 0.2) is 24.3 Å². The van der Waals surface area contributed by atoms with Crippen LogP contribution in [0, 0.1) is 0 Å². The SMILES string of the molecule is OC(O)(Cl)c1ccc(C(F)(F)F)cc1. The summed E-state index contributed by atoms with van der Waals surface area (Å²) in [6.45, 7) is 0. The van der Waals surface area contributed by atoms with E-state index in [4.69, 9.17) is 21.8 Å². The zero-order valence-corrected chi connectivity index (χ0v) is 7.47. The van der Waals surface area contributed by atoms with Crippen molar-refractivity contribution in [3.05, 3.63) is 35.4 Å². The maximum atomic E-state index is 12.1. The molecule has 0 spiro atoms. The Bertz CT molecular complexity index is 280. The zero-order chi connectivity index (χ0) is 11.0. The largest absolute Gasteiger partial charge is 0.416 e. The van der Waals surface area contributed by atoms with E-state index in [1.54, 1.807) is 0 Å². The fourth-order valence-corrected chi connectivity index (χ4v) is 0.997. The standard InChI is InChI=1S/C8H6ClF3O2/c9-7(13,14)5-1-3-6(4-2-5)8(10,11)12/h1-4,13-14H. The minimum Gasteiger partial charge on any atom is -0.350 e. The molecule has 14 heavy (non-hydrogen) atoms. The van der Waals surface area contributed by atoms with Gasteiger partial charge < -0.3 is 10.2 Å². The third-order valence-corrected chi connectivity index (χ3v) is 1.80. The fourth-order valence-electron chi connectivity index (χ4n) is 0.871. The number of alkyl halides is 4. The maximum Gasteiger partial charge on any atom is 0.416 e. The number of halogens is 4. The summed E-state index contributed by atoms with van der Waals surface area (Å²) in [5, 5.41) is 15.0. The topological polar surface area (TPSA) is 40.5 Å². The van der Waals surface area contributed by atoms with Gasteiger partial charge in [0.05, 0.1) is 5.56 Å². The van der Waals surface area contributed by atoms with Crippen molar-refractivity contribution < 1.29 is 23.4 Å². The van der Waals surface area contributed by atoms with Crippen LogP contribution in [0.25, 0.3) is 0 Å².